The van der Waals surface area contributed by atoms with E-state index in [0.717, 1.165) is 0 Å². The summed E-state index contributed by atoms with van der Waals surface area (Å²) in [7, 11) is 0. The SMILES string of the molecule is O=C(N[S+]([O-])c1cccc2ccc(Cl)nc12)c1cc2c(F)cc(N3CC(F)C3)cc2o1. The zero-order valence-corrected chi connectivity index (χ0v) is 17.3. The molecule has 1 unspecified atom stereocenters. The van der Waals surface area contributed by atoms with E-state index in [4.69, 9.17) is 16.0 Å². The monoisotopic (exact) mass is 461 g/mol. The predicted molar refractivity (Wildman–Crippen MR) is 114 cm³/mol. The first-order valence-electron chi connectivity index (χ1n) is 9.29. The van der Waals surface area contributed by atoms with Gasteiger partial charge in [0.25, 0.3) is 0 Å². The standard InChI is InChI=1S/C21H14ClF2N3O3S/c22-19-5-4-11-2-1-3-18(20(11)25-19)31(29)26-21(28)17-8-14-15(24)6-13(7-16(14)30-17)27-9-12(23)10-27/h1-8,12H,9-10H2,(H,26,28). The van der Waals surface area contributed by atoms with Crippen LogP contribution in [0.5, 0.6) is 0 Å². The van der Waals surface area contributed by atoms with Gasteiger partial charge in [-0.25, -0.2) is 13.8 Å². The summed E-state index contributed by atoms with van der Waals surface area (Å²) in [5.74, 6) is -1.56. The number of fused-ring (bicyclic) bond motifs is 2. The molecule has 1 aliphatic rings. The van der Waals surface area contributed by atoms with Crippen molar-refractivity contribution in [2.24, 2.45) is 0 Å². The highest BCUT2D eigenvalue weighted by molar-refractivity contribution is 7.90. The van der Waals surface area contributed by atoms with Crippen LogP contribution in [-0.4, -0.2) is 34.7 Å². The molecule has 158 valence electrons. The summed E-state index contributed by atoms with van der Waals surface area (Å²) in [6.07, 6.45) is -0.940. The van der Waals surface area contributed by atoms with Crippen LogP contribution in [0.4, 0.5) is 14.5 Å². The number of rotatable bonds is 4. The number of pyridine rings is 1. The predicted octanol–water partition coefficient (Wildman–Crippen LogP) is 4.38. The summed E-state index contributed by atoms with van der Waals surface area (Å²) >= 11 is 3.99. The van der Waals surface area contributed by atoms with E-state index in [1.165, 1.54) is 12.1 Å². The average Bonchev–Trinajstić information content (AvgIpc) is 3.16. The van der Waals surface area contributed by atoms with Crippen LogP contribution in [-0.2, 0) is 11.4 Å². The quantitative estimate of drug-likeness (QED) is 0.360. The third-order valence-corrected chi connectivity index (χ3v) is 6.34. The molecular formula is C21H14ClF2N3O3S. The molecule has 1 fully saturated rings. The molecule has 31 heavy (non-hydrogen) atoms. The van der Waals surface area contributed by atoms with Crippen LogP contribution < -0.4 is 9.62 Å². The number of hydrogen-bond donors (Lipinski definition) is 1. The number of hydrogen-bond acceptors (Lipinski definition) is 5. The lowest BCUT2D eigenvalue weighted by Gasteiger charge is -2.36. The number of halogens is 3. The van der Waals surface area contributed by atoms with Crippen LogP contribution in [0.3, 0.4) is 0 Å². The highest BCUT2D eigenvalue weighted by Crippen LogP contribution is 2.31. The van der Waals surface area contributed by atoms with Gasteiger partial charge < -0.3 is 13.9 Å². The van der Waals surface area contributed by atoms with Gasteiger partial charge in [-0.2, -0.15) is 4.72 Å². The minimum Gasteiger partial charge on any atom is -0.588 e. The number of nitrogens with one attached hydrogen (secondary N) is 1. The van der Waals surface area contributed by atoms with Crippen molar-refractivity contribution >= 4 is 56.4 Å². The molecule has 4 aromatic rings. The Kier molecular flexibility index (Phi) is 4.96. The maximum absolute atomic E-state index is 14.5. The molecule has 0 bridgehead atoms. The topological polar surface area (TPSA) is 81.4 Å². The van der Waals surface area contributed by atoms with Gasteiger partial charge in [0.05, 0.1) is 18.5 Å². The van der Waals surface area contributed by atoms with E-state index in [-0.39, 0.29) is 39.9 Å². The van der Waals surface area contributed by atoms with Crippen LogP contribution in [0.15, 0.2) is 57.8 Å². The third-order valence-electron chi connectivity index (χ3n) is 5.03. The molecule has 2 aromatic carbocycles. The maximum atomic E-state index is 14.5. The molecule has 1 N–H and O–H groups in total. The Morgan fingerprint density at radius 2 is 2.06 bits per heavy atom. The summed E-state index contributed by atoms with van der Waals surface area (Å²) < 4.78 is 48.2. The first-order valence-corrected chi connectivity index (χ1v) is 10.8. The number of para-hydroxylation sites is 1. The molecule has 10 heteroatoms. The molecule has 6 nitrogen and oxygen atoms in total. The number of carbonyl (C=O) groups is 1. The number of carbonyl (C=O) groups excluding carboxylic acids is 1. The van der Waals surface area contributed by atoms with Gasteiger partial charge in [0, 0.05) is 23.2 Å². The molecule has 0 aliphatic carbocycles. The summed E-state index contributed by atoms with van der Waals surface area (Å²) in [5.41, 5.74) is 1.02. The Morgan fingerprint density at radius 3 is 2.84 bits per heavy atom. The molecule has 1 aliphatic heterocycles. The fraction of sp³-hybridized carbons (Fsp3) is 0.143. The van der Waals surface area contributed by atoms with Crippen LogP contribution in [0.25, 0.3) is 21.9 Å². The lowest BCUT2D eigenvalue weighted by Crippen LogP contribution is -2.48. The van der Waals surface area contributed by atoms with Gasteiger partial charge in [-0.05, 0) is 24.3 Å². The van der Waals surface area contributed by atoms with Gasteiger partial charge in [0.2, 0.25) is 4.90 Å². The summed E-state index contributed by atoms with van der Waals surface area (Å²) in [4.78, 5) is 18.7. The van der Waals surface area contributed by atoms with E-state index in [1.54, 1.807) is 41.3 Å². The molecule has 1 amide bonds. The first-order chi connectivity index (χ1) is 14.9. The van der Waals surface area contributed by atoms with E-state index in [2.05, 4.69) is 9.71 Å². The second-order valence-corrected chi connectivity index (χ2v) is 8.68. The molecule has 0 radical (unpaired) electrons. The average molecular weight is 462 g/mol. The number of furan rings is 1. The van der Waals surface area contributed by atoms with Crippen molar-refractivity contribution in [3.05, 3.63) is 65.3 Å². The number of nitrogens with zero attached hydrogens (tertiary/aromatic N) is 2. The Hall–Kier alpha value is -2.88. The number of aromatic nitrogens is 1. The van der Waals surface area contributed by atoms with Crippen molar-refractivity contribution < 1.29 is 22.5 Å². The lowest BCUT2D eigenvalue weighted by molar-refractivity contribution is 0.0956. The van der Waals surface area contributed by atoms with Crippen molar-refractivity contribution in [1.29, 1.82) is 0 Å². The second kappa shape index (κ2) is 7.67. The van der Waals surface area contributed by atoms with Gasteiger partial charge in [-0.15, -0.1) is 0 Å². The molecule has 1 atom stereocenters. The van der Waals surface area contributed by atoms with Crippen molar-refractivity contribution in [3.63, 3.8) is 0 Å². The van der Waals surface area contributed by atoms with Crippen molar-refractivity contribution in [1.82, 2.24) is 9.71 Å². The Bertz CT molecular complexity index is 1330. The van der Waals surface area contributed by atoms with E-state index >= 15 is 0 Å². The second-order valence-electron chi connectivity index (χ2n) is 7.11. The van der Waals surface area contributed by atoms with Gasteiger partial charge in [0.15, 0.2) is 5.76 Å². The van der Waals surface area contributed by atoms with Gasteiger partial charge in [-0.3, -0.25) is 4.79 Å². The summed E-state index contributed by atoms with van der Waals surface area (Å²) in [6.45, 7) is 0.363. The van der Waals surface area contributed by atoms with E-state index in [9.17, 15) is 18.1 Å². The van der Waals surface area contributed by atoms with Crippen molar-refractivity contribution in [2.75, 3.05) is 18.0 Å². The highest BCUT2D eigenvalue weighted by atomic mass is 35.5. The van der Waals surface area contributed by atoms with Crippen molar-refractivity contribution in [2.45, 2.75) is 11.1 Å². The lowest BCUT2D eigenvalue weighted by atomic mass is 10.1. The number of alkyl halides is 1. The molecule has 5 rings (SSSR count). The van der Waals surface area contributed by atoms with Gasteiger partial charge >= 0.3 is 5.91 Å². The third kappa shape index (κ3) is 3.69. The van der Waals surface area contributed by atoms with E-state index in [1.807, 2.05) is 0 Å². The normalized spacial score (nSPS) is 15.3. The first kappa shape index (κ1) is 20.0. The van der Waals surface area contributed by atoms with Crippen molar-refractivity contribution in [3.8, 4) is 0 Å². The number of benzene rings is 2. The fourth-order valence-corrected chi connectivity index (χ4v) is 4.52. The largest absolute Gasteiger partial charge is 0.588 e. The van der Waals surface area contributed by atoms with Gasteiger partial charge in [-0.1, -0.05) is 23.7 Å². The molecule has 2 aromatic heterocycles. The summed E-state index contributed by atoms with van der Waals surface area (Å²) in [5, 5.41) is 1.05. The van der Waals surface area contributed by atoms with Crippen LogP contribution >= 0.6 is 11.6 Å². The zero-order valence-electron chi connectivity index (χ0n) is 15.8. The fourth-order valence-electron chi connectivity index (χ4n) is 3.45. The Labute approximate surface area is 183 Å². The molecule has 1 saturated heterocycles. The molecule has 3 heterocycles. The van der Waals surface area contributed by atoms with E-state index in [0.29, 0.717) is 16.6 Å². The highest BCUT2D eigenvalue weighted by Gasteiger charge is 2.28. The molecule has 0 spiro atoms. The number of anilines is 1. The zero-order chi connectivity index (χ0) is 21.7. The Morgan fingerprint density at radius 1 is 1.26 bits per heavy atom. The van der Waals surface area contributed by atoms with Crippen LogP contribution in [0.1, 0.15) is 10.6 Å². The smallest absolute Gasteiger partial charge is 0.328 e. The Balaban J connectivity index is 1.41. The van der Waals surface area contributed by atoms with E-state index < -0.39 is 29.3 Å². The van der Waals surface area contributed by atoms with Crippen LogP contribution in [0, 0.1) is 5.82 Å². The number of amides is 1. The molecule has 0 saturated carbocycles. The molecular weight excluding hydrogens is 448 g/mol. The maximum Gasteiger partial charge on any atom is 0.328 e. The minimum absolute atomic E-state index is 0.107. The van der Waals surface area contributed by atoms with Crippen LogP contribution in [0.2, 0.25) is 5.15 Å². The van der Waals surface area contributed by atoms with Gasteiger partial charge in [0.1, 0.15) is 39.6 Å². The summed E-state index contributed by atoms with van der Waals surface area (Å²) in [6, 6.07) is 12.4. The minimum atomic E-state index is -1.96.